The molecule has 1 N–H and O–H groups in total. The number of benzene rings is 1. The zero-order valence-electron chi connectivity index (χ0n) is 14.9. The lowest BCUT2D eigenvalue weighted by Gasteiger charge is -2.15. The molecule has 1 aromatic heterocycles. The number of hydrogen-bond donors (Lipinski definition) is 1. The third kappa shape index (κ3) is 3.02. The average Bonchev–Trinajstić information content (AvgIpc) is 3.43. The van der Waals surface area contributed by atoms with E-state index in [1.807, 2.05) is 24.4 Å². The van der Waals surface area contributed by atoms with Gasteiger partial charge in [0.05, 0.1) is 0 Å². The lowest BCUT2D eigenvalue weighted by molar-refractivity contribution is 0.774. The lowest BCUT2D eigenvalue weighted by Crippen LogP contribution is -2.03. The molecule has 2 nitrogen and oxygen atoms in total. The SMILES string of the molecule is N=C(S/C=C/C12C=C3C=CCC=CC3=CC1C2)c1cncc2ccccc12. The Bertz CT molecular complexity index is 1080. The van der Waals surface area contributed by atoms with E-state index in [0.29, 0.717) is 11.0 Å². The highest BCUT2D eigenvalue weighted by Gasteiger charge is 2.51. The molecule has 1 aromatic carbocycles. The Kier molecular flexibility index (Phi) is 3.98. The fourth-order valence-electron chi connectivity index (χ4n) is 3.98. The van der Waals surface area contributed by atoms with E-state index in [1.165, 1.54) is 29.3 Å². The van der Waals surface area contributed by atoms with Gasteiger partial charge in [-0.3, -0.25) is 10.4 Å². The van der Waals surface area contributed by atoms with E-state index >= 15 is 0 Å². The largest absolute Gasteiger partial charge is 0.293 e. The molecule has 3 heteroatoms. The summed E-state index contributed by atoms with van der Waals surface area (Å²) in [7, 11) is 0. The summed E-state index contributed by atoms with van der Waals surface area (Å²) >= 11 is 1.48. The van der Waals surface area contributed by atoms with Crippen LogP contribution < -0.4 is 0 Å². The molecule has 27 heavy (non-hydrogen) atoms. The van der Waals surface area contributed by atoms with Gasteiger partial charge in [-0.05, 0) is 40.7 Å². The molecule has 132 valence electrons. The van der Waals surface area contributed by atoms with E-state index in [2.05, 4.69) is 59.0 Å². The fourth-order valence-corrected chi connectivity index (χ4v) is 4.73. The Labute approximate surface area is 163 Å². The van der Waals surface area contributed by atoms with E-state index < -0.39 is 0 Å². The van der Waals surface area contributed by atoms with Crippen molar-refractivity contribution < 1.29 is 0 Å². The number of fused-ring (bicyclic) bond motifs is 3. The number of thioether (sulfide) groups is 1. The second-order valence-corrected chi connectivity index (χ2v) is 8.26. The molecule has 3 aliphatic carbocycles. The van der Waals surface area contributed by atoms with Crippen molar-refractivity contribution in [3.8, 4) is 0 Å². The van der Waals surface area contributed by atoms with E-state index in [1.54, 1.807) is 6.20 Å². The van der Waals surface area contributed by atoms with Crippen LogP contribution in [0.4, 0.5) is 0 Å². The van der Waals surface area contributed by atoms with Crippen molar-refractivity contribution in [2.45, 2.75) is 12.8 Å². The van der Waals surface area contributed by atoms with Crippen LogP contribution in [0.25, 0.3) is 10.8 Å². The first-order valence-corrected chi connectivity index (χ1v) is 10.2. The van der Waals surface area contributed by atoms with Crippen LogP contribution in [-0.4, -0.2) is 10.0 Å². The molecular weight excluding hydrogens is 348 g/mol. The molecule has 1 fully saturated rings. The lowest BCUT2D eigenvalue weighted by atomic mass is 9.90. The smallest absolute Gasteiger partial charge is 0.101 e. The summed E-state index contributed by atoms with van der Waals surface area (Å²) in [6.45, 7) is 0. The quantitative estimate of drug-likeness (QED) is 0.517. The van der Waals surface area contributed by atoms with Crippen molar-refractivity contribution in [1.29, 1.82) is 5.41 Å². The summed E-state index contributed by atoms with van der Waals surface area (Å²) in [5, 5.41) is 13.3. The molecule has 5 rings (SSSR count). The van der Waals surface area contributed by atoms with E-state index in [0.717, 1.165) is 22.8 Å². The normalized spacial score (nSPS) is 25.6. The molecule has 3 aliphatic rings. The Morgan fingerprint density at radius 3 is 2.93 bits per heavy atom. The van der Waals surface area contributed by atoms with Gasteiger partial charge in [0.25, 0.3) is 0 Å². The van der Waals surface area contributed by atoms with Crippen LogP contribution in [0.2, 0.25) is 0 Å². The van der Waals surface area contributed by atoms with Crippen molar-refractivity contribution in [1.82, 2.24) is 4.98 Å². The minimum Gasteiger partial charge on any atom is -0.293 e. The highest BCUT2D eigenvalue weighted by atomic mass is 32.2. The molecule has 0 bridgehead atoms. The number of allylic oxidation sites excluding steroid dienone is 9. The summed E-state index contributed by atoms with van der Waals surface area (Å²) < 4.78 is 0. The second-order valence-electron chi connectivity index (χ2n) is 7.34. The summed E-state index contributed by atoms with van der Waals surface area (Å²) in [6, 6.07) is 8.12. The first-order valence-electron chi connectivity index (χ1n) is 9.29. The maximum absolute atomic E-state index is 8.51. The van der Waals surface area contributed by atoms with E-state index in [9.17, 15) is 0 Å². The highest BCUT2D eigenvalue weighted by molar-refractivity contribution is 8.16. The number of nitrogens with one attached hydrogen (secondary N) is 1. The molecule has 0 saturated heterocycles. The van der Waals surface area contributed by atoms with Gasteiger partial charge < -0.3 is 0 Å². The van der Waals surface area contributed by atoms with E-state index in [4.69, 9.17) is 5.41 Å². The van der Waals surface area contributed by atoms with Gasteiger partial charge in [0.15, 0.2) is 0 Å². The van der Waals surface area contributed by atoms with Crippen LogP contribution >= 0.6 is 11.8 Å². The minimum atomic E-state index is 0.144. The van der Waals surface area contributed by atoms with Gasteiger partial charge >= 0.3 is 0 Å². The van der Waals surface area contributed by atoms with Crippen molar-refractivity contribution in [2.24, 2.45) is 11.3 Å². The Balaban J connectivity index is 1.35. The maximum Gasteiger partial charge on any atom is 0.101 e. The van der Waals surface area contributed by atoms with Gasteiger partial charge in [-0.15, -0.1) is 0 Å². The maximum atomic E-state index is 8.51. The van der Waals surface area contributed by atoms with Crippen molar-refractivity contribution in [3.63, 3.8) is 0 Å². The van der Waals surface area contributed by atoms with Crippen molar-refractivity contribution in [3.05, 3.63) is 101 Å². The zero-order valence-corrected chi connectivity index (χ0v) is 15.7. The van der Waals surface area contributed by atoms with Gasteiger partial charge in [0.1, 0.15) is 5.04 Å². The fraction of sp³-hybridized carbons (Fsp3) is 0.167. The first-order chi connectivity index (χ1) is 13.3. The van der Waals surface area contributed by atoms with Crippen molar-refractivity contribution in [2.75, 3.05) is 0 Å². The first kappa shape index (κ1) is 16.5. The van der Waals surface area contributed by atoms with E-state index in [-0.39, 0.29) is 5.41 Å². The van der Waals surface area contributed by atoms with Gasteiger partial charge in [-0.2, -0.15) is 0 Å². The predicted molar refractivity (Wildman–Crippen MR) is 115 cm³/mol. The number of pyridine rings is 1. The van der Waals surface area contributed by atoms with Gasteiger partial charge in [0, 0.05) is 28.8 Å². The summed E-state index contributed by atoms with van der Waals surface area (Å²) in [4.78, 5) is 4.30. The third-order valence-electron chi connectivity index (χ3n) is 5.59. The van der Waals surface area contributed by atoms with Crippen LogP contribution in [0.3, 0.4) is 0 Å². The molecule has 0 aliphatic heterocycles. The number of rotatable bonds is 3. The third-order valence-corrected chi connectivity index (χ3v) is 6.31. The molecular formula is C24H20N2S. The summed E-state index contributed by atoms with van der Waals surface area (Å²) in [5.41, 5.74) is 3.73. The Hall–Kier alpha value is -2.65. The second kappa shape index (κ2) is 6.50. The predicted octanol–water partition coefficient (Wildman–Crippen LogP) is 6.20. The van der Waals surface area contributed by atoms with Crippen LogP contribution in [0.1, 0.15) is 18.4 Å². The van der Waals surface area contributed by atoms with Gasteiger partial charge in [-0.25, -0.2) is 0 Å². The molecule has 0 amide bonds. The van der Waals surface area contributed by atoms with Crippen LogP contribution in [0, 0.1) is 16.7 Å². The van der Waals surface area contributed by atoms with Crippen molar-refractivity contribution >= 4 is 27.6 Å². The molecule has 0 spiro atoms. The Morgan fingerprint density at radius 2 is 2.00 bits per heavy atom. The molecule has 2 aromatic rings. The monoisotopic (exact) mass is 368 g/mol. The van der Waals surface area contributed by atoms with Crippen LogP contribution in [0.15, 0.2) is 95.7 Å². The molecule has 1 saturated carbocycles. The van der Waals surface area contributed by atoms with Crippen LogP contribution in [0.5, 0.6) is 0 Å². The number of nitrogens with zero attached hydrogens (tertiary/aromatic N) is 1. The average molecular weight is 369 g/mol. The zero-order chi connectivity index (χ0) is 18.3. The van der Waals surface area contributed by atoms with Gasteiger partial charge in [0.2, 0.25) is 0 Å². The number of hydrogen-bond acceptors (Lipinski definition) is 3. The highest BCUT2D eigenvalue weighted by Crippen LogP contribution is 2.60. The topological polar surface area (TPSA) is 36.7 Å². The molecule has 2 atom stereocenters. The Morgan fingerprint density at radius 1 is 1.15 bits per heavy atom. The molecule has 2 unspecified atom stereocenters. The van der Waals surface area contributed by atoms with Gasteiger partial charge in [-0.1, -0.05) is 78.6 Å². The summed E-state index contributed by atoms with van der Waals surface area (Å²) in [6.07, 6.45) is 21.9. The van der Waals surface area contributed by atoms with Crippen LogP contribution in [-0.2, 0) is 0 Å². The minimum absolute atomic E-state index is 0.144. The molecule has 1 heterocycles. The number of aromatic nitrogens is 1. The standard InChI is InChI=1S/C24H20N2S/c25-23(22-16-26-15-19-8-4-5-9-21(19)22)27-11-10-24-13-18-7-3-1-2-6-17(18)12-20(24)14-24/h2-13,15-16,20,25H,1,14H2/b11-10+,25-23?. The summed E-state index contributed by atoms with van der Waals surface area (Å²) in [5.74, 6) is 0.595. The molecule has 0 radical (unpaired) electrons.